The van der Waals surface area contributed by atoms with E-state index in [1.54, 1.807) is 6.07 Å². The smallest absolute Gasteiger partial charge is 0.310 e. The van der Waals surface area contributed by atoms with Gasteiger partial charge in [0.2, 0.25) is 0 Å². The molecule has 0 radical (unpaired) electrons. The van der Waals surface area contributed by atoms with Crippen LogP contribution in [0.4, 0.5) is 13.2 Å². The summed E-state index contributed by atoms with van der Waals surface area (Å²) in [5.74, 6) is 0. The molecule has 0 heterocycles. The van der Waals surface area contributed by atoms with Crippen LogP contribution in [-0.2, 0) is 0 Å². The lowest BCUT2D eigenvalue weighted by Crippen LogP contribution is -2.21. The molecule has 0 aromatic heterocycles. The minimum atomic E-state index is -4.07. The Hall–Kier alpha value is -0.740. The average molecular weight is 266 g/mol. The fourth-order valence-corrected chi connectivity index (χ4v) is 1.70. The fraction of sp³-hybridized carbons (Fsp3) is 0.500. The quantitative estimate of drug-likeness (QED) is 0.781. The van der Waals surface area contributed by atoms with Crippen LogP contribution >= 0.6 is 11.6 Å². The molecule has 5 heteroatoms. The summed E-state index contributed by atoms with van der Waals surface area (Å²) in [5, 5.41) is 3.67. The number of rotatable bonds is 5. The fourth-order valence-electron chi connectivity index (χ4n) is 1.50. The predicted octanol–water partition coefficient (Wildman–Crippen LogP) is 4.33. The van der Waals surface area contributed by atoms with Crippen LogP contribution in [0, 0.1) is 0 Å². The van der Waals surface area contributed by atoms with E-state index in [1.165, 1.54) is 0 Å². The van der Waals surface area contributed by atoms with E-state index in [9.17, 15) is 13.2 Å². The molecule has 0 spiro atoms. The van der Waals surface area contributed by atoms with Crippen molar-refractivity contribution in [1.82, 2.24) is 5.32 Å². The van der Waals surface area contributed by atoms with Crippen molar-refractivity contribution in [3.63, 3.8) is 0 Å². The van der Waals surface area contributed by atoms with Crippen LogP contribution in [0.2, 0.25) is 5.02 Å². The first-order valence-corrected chi connectivity index (χ1v) is 5.82. The average Bonchev–Trinajstić information content (AvgIpc) is 2.23. The monoisotopic (exact) mass is 265 g/mol. The number of alkyl halides is 3. The summed E-state index contributed by atoms with van der Waals surface area (Å²) in [6.07, 6.45) is -4.72. The lowest BCUT2D eigenvalue weighted by molar-refractivity contribution is -0.135. The topological polar surface area (TPSA) is 12.0 Å². The van der Waals surface area contributed by atoms with Gasteiger partial charge >= 0.3 is 6.18 Å². The van der Waals surface area contributed by atoms with Crippen molar-refractivity contribution in [1.29, 1.82) is 0 Å². The van der Waals surface area contributed by atoms with E-state index in [1.807, 2.05) is 25.1 Å². The standard InChI is InChI=1S/C12H15ClF3N/c1-9(10-4-2-5-11(13)8-10)17-7-3-6-12(14,15)16/h2,4-5,8-9,17H,3,6-7H2,1H3. The zero-order chi connectivity index (χ0) is 12.9. The number of nitrogens with one attached hydrogen (secondary N) is 1. The Balaban J connectivity index is 2.33. The highest BCUT2D eigenvalue weighted by Crippen LogP contribution is 2.21. The van der Waals surface area contributed by atoms with Crippen LogP contribution in [0.25, 0.3) is 0 Å². The Morgan fingerprint density at radius 2 is 2.06 bits per heavy atom. The molecular weight excluding hydrogens is 251 g/mol. The second-order valence-corrected chi connectivity index (χ2v) is 4.39. The Labute approximate surface area is 104 Å². The maximum atomic E-state index is 11.9. The zero-order valence-corrected chi connectivity index (χ0v) is 10.3. The van der Waals surface area contributed by atoms with Crippen molar-refractivity contribution in [2.24, 2.45) is 0 Å². The van der Waals surface area contributed by atoms with Crippen LogP contribution < -0.4 is 5.32 Å². The SMILES string of the molecule is CC(NCCCC(F)(F)F)c1cccc(Cl)c1. The molecule has 1 N–H and O–H groups in total. The van der Waals surface area contributed by atoms with Gasteiger partial charge in [0, 0.05) is 17.5 Å². The van der Waals surface area contributed by atoms with Gasteiger partial charge in [-0.15, -0.1) is 0 Å². The number of hydrogen-bond donors (Lipinski definition) is 1. The van der Waals surface area contributed by atoms with Gasteiger partial charge in [-0.05, 0) is 37.6 Å². The highest BCUT2D eigenvalue weighted by molar-refractivity contribution is 6.30. The molecule has 0 amide bonds. The van der Waals surface area contributed by atoms with Crippen molar-refractivity contribution in [3.05, 3.63) is 34.9 Å². The molecule has 0 saturated heterocycles. The van der Waals surface area contributed by atoms with Crippen molar-refractivity contribution in [2.45, 2.75) is 32.0 Å². The van der Waals surface area contributed by atoms with Gasteiger partial charge in [0.1, 0.15) is 0 Å². The van der Waals surface area contributed by atoms with Crippen LogP contribution in [0.5, 0.6) is 0 Å². The third-order valence-electron chi connectivity index (χ3n) is 2.44. The van der Waals surface area contributed by atoms with Gasteiger partial charge in [-0.1, -0.05) is 23.7 Å². The third-order valence-corrected chi connectivity index (χ3v) is 2.67. The minimum absolute atomic E-state index is 0.00179. The van der Waals surface area contributed by atoms with Crippen molar-refractivity contribution in [3.8, 4) is 0 Å². The summed E-state index contributed by atoms with van der Waals surface area (Å²) in [6, 6.07) is 7.30. The molecule has 0 fully saturated rings. The molecule has 1 aromatic rings. The van der Waals surface area contributed by atoms with Gasteiger partial charge in [0.05, 0.1) is 0 Å². The number of hydrogen-bond acceptors (Lipinski definition) is 1. The first-order chi connectivity index (χ1) is 7.88. The first kappa shape index (κ1) is 14.3. The molecule has 17 heavy (non-hydrogen) atoms. The maximum absolute atomic E-state index is 11.9. The van der Waals surface area contributed by atoms with Gasteiger partial charge in [-0.3, -0.25) is 0 Å². The Kier molecular flexibility index (Phi) is 5.28. The van der Waals surface area contributed by atoms with E-state index in [-0.39, 0.29) is 12.5 Å². The first-order valence-electron chi connectivity index (χ1n) is 5.44. The second kappa shape index (κ2) is 6.26. The third kappa shape index (κ3) is 5.94. The molecule has 1 aromatic carbocycles. The molecule has 0 bridgehead atoms. The van der Waals surface area contributed by atoms with Crippen molar-refractivity contribution in [2.75, 3.05) is 6.54 Å². The molecule has 1 nitrogen and oxygen atoms in total. The van der Waals surface area contributed by atoms with E-state index in [0.29, 0.717) is 11.6 Å². The van der Waals surface area contributed by atoms with Crippen molar-refractivity contribution >= 4 is 11.6 Å². The van der Waals surface area contributed by atoms with E-state index < -0.39 is 12.6 Å². The van der Waals surface area contributed by atoms with Crippen LogP contribution in [0.1, 0.15) is 31.4 Å². The molecule has 0 saturated carbocycles. The molecule has 96 valence electrons. The zero-order valence-electron chi connectivity index (χ0n) is 9.52. The molecule has 1 unspecified atom stereocenters. The summed E-state index contributed by atoms with van der Waals surface area (Å²) in [4.78, 5) is 0. The summed E-state index contributed by atoms with van der Waals surface area (Å²) in [7, 11) is 0. The normalized spacial score (nSPS) is 13.7. The summed E-state index contributed by atoms with van der Waals surface area (Å²) in [5.41, 5.74) is 0.976. The van der Waals surface area contributed by atoms with Gasteiger partial charge in [0.25, 0.3) is 0 Å². The highest BCUT2D eigenvalue weighted by Gasteiger charge is 2.25. The van der Waals surface area contributed by atoms with E-state index >= 15 is 0 Å². The molecule has 1 atom stereocenters. The Bertz CT molecular complexity index is 352. The van der Waals surface area contributed by atoms with Crippen LogP contribution in [-0.4, -0.2) is 12.7 Å². The molecule has 1 rings (SSSR count). The van der Waals surface area contributed by atoms with Gasteiger partial charge < -0.3 is 5.32 Å². The molecule has 0 aliphatic heterocycles. The summed E-state index contributed by atoms with van der Waals surface area (Å²) < 4.78 is 35.7. The number of halogens is 4. The molecule has 0 aliphatic rings. The Morgan fingerprint density at radius 1 is 1.35 bits per heavy atom. The Morgan fingerprint density at radius 3 is 2.65 bits per heavy atom. The molecule has 0 aliphatic carbocycles. The minimum Gasteiger partial charge on any atom is -0.310 e. The van der Waals surface area contributed by atoms with Gasteiger partial charge in [-0.25, -0.2) is 0 Å². The van der Waals surface area contributed by atoms with Crippen LogP contribution in [0.3, 0.4) is 0 Å². The predicted molar refractivity (Wildman–Crippen MR) is 63.2 cm³/mol. The van der Waals surface area contributed by atoms with Crippen LogP contribution in [0.15, 0.2) is 24.3 Å². The van der Waals surface area contributed by atoms with Crippen molar-refractivity contribution < 1.29 is 13.2 Å². The van der Waals surface area contributed by atoms with E-state index in [0.717, 1.165) is 5.56 Å². The number of benzene rings is 1. The largest absolute Gasteiger partial charge is 0.389 e. The highest BCUT2D eigenvalue weighted by atomic mass is 35.5. The van der Waals surface area contributed by atoms with Gasteiger partial charge in [0.15, 0.2) is 0 Å². The maximum Gasteiger partial charge on any atom is 0.389 e. The van der Waals surface area contributed by atoms with E-state index in [4.69, 9.17) is 11.6 Å². The van der Waals surface area contributed by atoms with Gasteiger partial charge in [-0.2, -0.15) is 13.2 Å². The molecular formula is C12H15ClF3N. The van der Waals surface area contributed by atoms with E-state index in [2.05, 4.69) is 5.32 Å². The lowest BCUT2D eigenvalue weighted by Gasteiger charge is -2.15. The summed E-state index contributed by atoms with van der Waals surface area (Å²) in [6.45, 7) is 2.24. The lowest BCUT2D eigenvalue weighted by atomic mass is 10.1. The second-order valence-electron chi connectivity index (χ2n) is 3.95. The summed E-state index contributed by atoms with van der Waals surface area (Å²) >= 11 is 5.83.